The molecule has 2 heterocycles. The van der Waals surface area contributed by atoms with Crippen LogP contribution in [0, 0.1) is 5.82 Å². The van der Waals surface area contributed by atoms with Gasteiger partial charge in [-0.25, -0.2) is 9.18 Å². The fourth-order valence-corrected chi connectivity index (χ4v) is 3.55. The van der Waals surface area contributed by atoms with Gasteiger partial charge in [-0.05, 0) is 23.8 Å². The summed E-state index contributed by atoms with van der Waals surface area (Å²) in [6.07, 6.45) is 1.77. The topological polar surface area (TPSA) is 78.0 Å². The Labute approximate surface area is 170 Å². The first-order valence-electron chi connectivity index (χ1n) is 9.26. The number of halogens is 1. The normalized spacial score (nSPS) is 11.0. The standard InChI is InChI=1S/C22H19FN4O3/c1-25-12-17(14-7-4-3-5-8-14)19-20(25)21(29)26(2)22(30)27(19)13-18(28)24-16-10-6-9-15(23)11-16/h3-12H,13H2,1-2H3,(H,24,28). The van der Waals surface area contributed by atoms with Crippen LogP contribution in [0.4, 0.5) is 10.1 Å². The molecule has 0 spiro atoms. The van der Waals surface area contributed by atoms with Crippen molar-refractivity contribution in [2.75, 3.05) is 5.32 Å². The third-order valence-electron chi connectivity index (χ3n) is 4.94. The highest BCUT2D eigenvalue weighted by molar-refractivity contribution is 5.95. The number of carbonyl (C=O) groups excluding carboxylic acids is 1. The number of benzene rings is 2. The molecule has 0 atom stereocenters. The van der Waals surface area contributed by atoms with E-state index in [1.807, 2.05) is 30.3 Å². The molecule has 7 nitrogen and oxygen atoms in total. The number of aromatic nitrogens is 3. The minimum atomic E-state index is -0.606. The Hall–Kier alpha value is -3.94. The summed E-state index contributed by atoms with van der Waals surface area (Å²) in [6, 6.07) is 14.8. The predicted molar refractivity (Wildman–Crippen MR) is 113 cm³/mol. The summed E-state index contributed by atoms with van der Waals surface area (Å²) < 4.78 is 17.3. The molecule has 2 aromatic carbocycles. The number of aryl methyl sites for hydroxylation is 1. The second kappa shape index (κ2) is 7.47. The first-order chi connectivity index (χ1) is 14.4. The Morgan fingerprint density at radius 1 is 1.00 bits per heavy atom. The molecule has 30 heavy (non-hydrogen) atoms. The second-order valence-corrected chi connectivity index (χ2v) is 7.01. The summed E-state index contributed by atoms with van der Waals surface area (Å²) in [7, 11) is 3.10. The van der Waals surface area contributed by atoms with E-state index in [-0.39, 0.29) is 12.2 Å². The van der Waals surface area contributed by atoms with E-state index in [1.54, 1.807) is 23.9 Å². The number of anilines is 1. The monoisotopic (exact) mass is 406 g/mol. The van der Waals surface area contributed by atoms with Crippen LogP contribution in [0.5, 0.6) is 0 Å². The van der Waals surface area contributed by atoms with Crippen molar-refractivity contribution in [2.24, 2.45) is 14.1 Å². The molecule has 2 aromatic heterocycles. The quantitative estimate of drug-likeness (QED) is 0.566. The molecule has 0 aliphatic carbocycles. The van der Waals surface area contributed by atoms with Crippen LogP contribution in [-0.4, -0.2) is 19.6 Å². The summed E-state index contributed by atoms with van der Waals surface area (Å²) in [5, 5.41) is 2.59. The van der Waals surface area contributed by atoms with Crippen molar-refractivity contribution in [1.29, 1.82) is 0 Å². The number of hydrogen-bond acceptors (Lipinski definition) is 3. The van der Waals surface area contributed by atoms with Crippen LogP contribution in [0.2, 0.25) is 0 Å². The lowest BCUT2D eigenvalue weighted by Crippen LogP contribution is -2.40. The number of fused-ring (bicyclic) bond motifs is 1. The SMILES string of the molecule is Cn1c(=O)c2c(c(-c3ccccc3)cn2C)n(CC(=O)Nc2cccc(F)c2)c1=O. The van der Waals surface area contributed by atoms with Crippen molar-refractivity contribution in [2.45, 2.75) is 6.54 Å². The lowest BCUT2D eigenvalue weighted by atomic mass is 10.1. The molecule has 0 fully saturated rings. The van der Waals surface area contributed by atoms with Crippen LogP contribution in [0.25, 0.3) is 22.2 Å². The highest BCUT2D eigenvalue weighted by Crippen LogP contribution is 2.27. The molecule has 1 N–H and O–H groups in total. The van der Waals surface area contributed by atoms with Crippen molar-refractivity contribution < 1.29 is 9.18 Å². The third kappa shape index (κ3) is 3.32. The first kappa shape index (κ1) is 19.4. The van der Waals surface area contributed by atoms with E-state index in [2.05, 4.69) is 5.32 Å². The van der Waals surface area contributed by atoms with Gasteiger partial charge in [-0.15, -0.1) is 0 Å². The van der Waals surface area contributed by atoms with E-state index >= 15 is 0 Å². The fraction of sp³-hybridized carbons (Fsp3) is 0.136. The molecule has 8 heteroatoms. The summed E-state index contributed by atoms with van der Waals surface area (Å²) in [5.41, 5.74) is 1.41. The summed E-state index contributed by atoms with van der Waals surface area (Å²) in [6.45, 7) is -0.330. The molecule has 0 saturated carbocycles. The maximum absolute atomic E-state index is 13.4. The molecule has 152 valence electrons. The van der Waals surface area contributed by atoms with Gasteiger partial charge < -0.3 is 9.88 Å². The Balaban J connectivity index is 1.87. The highest BCUT2D eigenvalue weighted by atomic mass is 19.1. The molecule has 0 bridgehead atoms. The lowest BCUT2D eigenvalue weighted by molar-refractivity contribution is -0.116. The predicted octanol–water partition coefficient (Wildman–Crippen LogP) is 2.48. The van der Waals surface area contributed by atoms with Gasteiger partial charge in [-0.3, -0.25) is 18.7 Å². The Morgan fingerprint density at radius 3 is 2.43 bits per heavy atom. The maximum atomic E-state index is 13.4. The smallest absolute Gasteiger partial charge is 0.331 e. The van der Waals surface area contributed by atoms with Crippen LogP contribution in [0.1, 0.15) is 0 Å². The number of amides is 1. The second-order valence-electron chi connectivity index (χ2n) is 7.01. The number of nitrogens with zero attached hydrogens (tertiary/aromatic N) is 3. The molecule has 1 amide bonds. The van der Waals surface area contributed by atoms with Crippen LogP contribution < -0.4 is 16.6 Å². The molecule has 0 saturated heterocycles. The van der Waals surface area contributed by atoms with E-state index in [0.29, 0.717) is 16.6 Å². The van der Waals surface area contributed by atoms with Gasteiger partial charge in [0.05, 0.1) is 5.52 Å². The molecule has 4 rings (SSSR count). The first-order valence-corrected chi connectivity index (χ1v) is 9.26. The summed E-state index contributed by atoms with van der Waals surface area (Å²) in [4.78, 5) is 38.3. The zero-order chi connectivity index (χ0) is 21.4. The van der Waals surface area contributed by atoms with E-state index in [0.717, 1.165) is 10.1 Å². The van der Waals surface area contributed by atoms with Crippen LogP contribution >= 0.6 is 0 Å². The number of rotatable bonds is 4. The molecule has 0 aliphatic rings. The van der Waals surface area contributed by atoms with Crippen LogP contribution in [-0.2, 0) is 25.4 Å². The highest BCUT2D eigenvalue weighted by Gasteiger charge is 2.20. The summed E-state index contributed by atoms with van der Waals surface area (Å²) >= 11 is 0. The Morgan fingerprint density at radius 2 is 1.73 bits per heavy atom. The van der Waals surface area contributed by atoms with E-state index in [1.165, 1.54) is 29.8 Å². The zero-order valence-corrected chi connectivity index (χ0v) is 16.4. The minimum Gasteiger partial charge on any atom is -0.344 e. The largest absolute Gasteiger partial charge is 0.344 e. The number of carbonyl (C=O) groups is 1. The van der Waals surface area contributed by atoms with Gasteiger partial charge in [-0.2, -0.15) is 0 Å². The number of hydrogen-bond donors (Lipinski definition) is 1. The van der Waals surface area contributed by atoms with Crippen molar-refractivity contribution in [3.8, 4) is 11.1 Å². The molecular weight excluding hydrogens is 387 g/mol. The minimum absolute atomic E-state index is 0.283. The van der Waals surface area contributed by atoms with E-state index in [9.17, 15) is 18.8 Å². The van der Waals surface area contributed by atoms with Gasteiger partial charge in [0.15, 0.2) is 0 Å². The average Bonchev–Trinajstić information content (AvgIpc) is 3.07. The van der Waals surface area contributed by atoms with E-state index < -0.39 is 23.0 Å². The fourth-order valence-electron chi connectivity index (χ4n) is 3.55. The molecule has 0 radical (unpaired) electrons. The maximum Gasteiger partial charge on any atom is 0.331 e. The Bertz CT molecular complexity index is 1380. The Kier molecular flexibility index (Phi) is 4.83. The van der Waals surface area contributed by atoms with Gasteiger partial charge in [-0.1, -0.05) is 36.4 Å². The van der Waals surface area contributed by atoms with Gasteiger partial charge in [0.25, 0.3) is 5.56 Å². The average molecular weight is 406 g/mol. The molecule has 0 unspecified atom stereocenters. The van der Waals surface area contributed by atoms with Crippen LogP contribution in [0.15, 0.2) is 70.4 Å². The lowest BCUT2D eigenvalue weighted by Gasteiger charge is -2.12. The van der Waals surface area contributed by atoms with Gasteiger partial charge in [0.2, 0.25) is 5.91 Å². The molecule has 0 aliphatic heterocycles. The van der Waals surface area contributed by atoms with Gasteiger partial charge in [0.1, 0.15) is 17.9 Å². The summed E-state index contributed by atoms with van der Waals surface area (Å²) in [5.74, 6) is -0.991. The molecule has 4 aromatic rings. The number of nitrogens with one attached hydrogen (secondary N) is 1. The van der Waals surface area contributed by atoms with Gasteiger partial charge in [0, 0.05) is 31.5 Å². The van der Waals surface area contributed by atoms with Crippen molar-refractivity contribution in [1.82, 2.24) is 13.7 Å². The zero-order valence-electron chi connectivity index (χ0n) is 16.4. The van der Waals surface area contributed by atoms with Crippen molar-refractivity contribution in [3.63, 3.8) is 0 Å². The third-order valence-corrected chi connectivity index (χ3v) is 4.94. The van der Waals surface area contributed by atoms with Crippen molar-refractivity contribution in [3.05, 3.63) is 87.4 Å². The van der Waals surface area contributed by atoms with Crippen LogP contribution in [0.3, 0.4) is 0 Å². The van der Waals surface area contributed by atoms with Crippen molar-refractivity contribution >= 4 is 22.6 Å². The molecular formula is C22H19FN4O3. The van der Waals surface area contributed by atoms with Gasteiger partial charge >= 0.3 is 5.69 Å². The van der Waals surface area contributed by atoms with E-state index in [4.69, 9.17) is 0 Å².